The van der Waals surface area contributed by atoms with Crippen molar-refractivity contribution in [2.24, 2.45) is 0 Å². The topological polar surface area (TPSA) is 15.3 Å². The molecule has 0 aliphatic carbocycles. The highest BCUT2D eigenvalue weighted by molar-refractivity contribution is 7.98. The van der Waals surface area contributed by atoms with E-state index < -0.39 is 0 Å². The Kier molecular flexibility index (Phi) is 6.41. The lowest BCUT2D eigenvalue weighted by atomic mass is 10.1. The van der Waals surface area contributed by atoms with E-state index in [4.69, 9.17) is 0 Å². The van der Waals surface area contributed by atoms with Crippen LogP contribution in [0, 0.1) is 6.92 Å². The Balaban J connectivity index is 2.77. The van der Waals surface area contributed by atoms with Crippen LogP contribution < -0.4 is 10.2 Å². The van der Waals surface area contributed by atoms with Gasteiger partial charge in [0.1, 0.15) is 0 Å². The van der Waals surface area contributed by atoms with Crippen molar-refractivity contribution in [3.05, 3.63) is 29.3 Å². The zero-order valence-corrected chi connectivity index (χ0v) is 14.9. The van der Waals surface area contributed by atoms with Crippen LogP contribution in [0.2, 0.25) is 0 Å². The molecule has 0 aliphatic heterocycles. The van der Waals surface area contributed by atoms with Crippen LogP contribution in [0.15, 0.2) is 18.2 Å². The van der Waals surface area contributed by atoms with Gasteiger partial charge in [0.2, 0.25) is 0 Å². The van der Waals surface area contributed by atoms with Crippen LogP contribution in [0.3, 0.4) is 0 Å². The molecular weight excluding hydrogens is 264 g/mol. The maximum Gasteiger partial charge on any atom is 0.0396 e. The molecule has 2 nitrogen and oxygen atoms in total. The fourth-order valence-corrected chi connectivity index (χ4v) is 2.89. The van der Waals surface area contributed by atoms with Crippen LogP contribution in [0.4, 0.5) is 5.69 Å². The van der Waals surface area contributed by atoms with Crippen molar-refractivity contribution in [2.75, 3.05) is 24.0 Å². The molecule has 1 N–H and O–H groups in total. The summed E-state index contributed by atoms with van der Waals surface area (Å²) in [5, 5.41) is 3.54. The highest BCUT2D eigenvalue weighted by Crippen LogP contribution is 2.23. The van der Waals surface area contributed by atoms with Crippen molar-refractivity contribution in [2.45, 2.75) is 52.7 Å². The molecule has 0 radical (unpaired) electrons. The van der Waals surface area contributed by atoms with E-state index in [1.54, 1.807) is 0 Å². The van der Waals surface area contributed by atoms with E-state index in [2.05, 4.69) is 76.3 Å². The number of anilines is 1. The summed E-state index contributed by atoms with van der Waals surface area (Å²) in [5.41, 5.74) is 4.21. The second kappa shape index (κ2) is 7.37. The fourth-order valence-electron chi connectivity index (χ4n) is 2.18. The van der Waals surface area contributed by atoms with Crippen molar-refractivity contribution in [3.8, 4) is 0 Å². The SMILES string of the molecule is CSCC(C)N(C)c1ccc(CNC(C)(C)C)cc1C. The van der Waals surface area contributed by atoms with Crippen molar-refractivity contribution < 1.29 is 0 Å². The summed E-state index contributed by atoms with van der Waals surface area (Å²) in [6, 6.07) is 7.35. The van der Waals surface area contributed by atoms with Crippen molar-refractivity contribution in [3.63, 3.8) is 0 Å². The summed E-state index contributed by atoms with van der Waals surface area (Å²) in [4.78, 5) is 2.38. The molecule has 0 aromatic heterocycles. The Morgan fingerprint density at radius 3 is 2.45 bits per heavy atom. The van der Waals surface area contributed by atoms with Gasteiger partial charge in [0.25, 0.3) is 0 Å². The van der Waals surface area contributed by atoms with Gasteiger partial charge in [0.15, 0.2) is 0 Å². The molecule has 1 atom stereocenters. The molecular formula is C17H30N2S. The average Bonchev–Trinajstić information content (AvgIpc) is 2.35. The molecule has 0 bridgehead atoms. The molecule has 1 aromatic rings. The lowest BCUT2D eigenvalue weighted by Gasteiger charge is -2.28. The van der Waals surface area contributed by atoms with Gasteiger partial charge in [0, 0.05) is 36.6 Å². The first-order chi connectivity index (χ1) is 9.24. The summed E-state index contributed by atoms with van der Waals surface area (Å²) in [5.74, 6) is 1.16. The van der Waals surface area contributed by atoms with Crippen molar-refractivity contribution >= 4 is 17.4 Å². The van der Waals surface area contributed by atoms with Gasteiger partial charge in [-0.2, -0.15) is 11.8 Å². The number of nitrogens with one attached hydrogen (secondary N) is 1. The zero-order valence-electron chi connectivity index (χ0n) is 14.1. The molecule has 1 aromatic carbocycles. The van der Waals surface area contributed by atoms with Gasteiger partial charge in [-0.05, 0) is 58.1 Å². The molecule has 114 valence electrons. The maximum absolute atomic E-state index is 3.54. The molecule has 0 amide bonds. The van der Waals surface area contributed by atoms with E-state index in [0.717, 1.165) is 12.3 Å². The number of aryl methyl sites for hydroxylation is 1. The van der Waals surface area contributed by atoms with Crippen LogP contribution in [-0.2, 0) is 6.54 Å². The Morgan fingerprint density at radius 1 is 1.30 bits per heavy atom. The van der Waals surface area contributed by atoms with E-state index in [9.17, 15) is 0 Å². The number of hydrogen-bond donors (Lipinski definition) is 1. The normalized spacial score (nSPS) is 13.3. The number of rotatable bonds is 6. The Morgan fingerprint density at radius 2 is 1.95 bits per heavy atom. The summed E-state index contributed by atoms with van der Waals surface area (Å²) in [7, 11) is 2.19. The third-order valence-electron chi connectivity index (χ3n) is 3.53. The van der Waals surface area contributed by atoms with Gasteiger partial charge in [-0.25, -0.2) is 0 Å². The van der Waals surface area contributed by atoms with Gasteiger partial charge in [0.05, 0.1) is 0 Å². The number of hydrogen-bond acceptors (Lipinski definition) is 3. The van der Waals surface area contributed by atoms with E-state index >= 15 is 0 Å². The lowest BCUT2D eigenvalue weighted by molar-refractivity contribution is 0.424. The molecule has 1 unspecified atom stereocenters. The van der Waals surface area contributed by atoms with Crippen LogP contribution in [-0.4, -0.2) is 30.6 Å². The van der Waals surface area contributed by atoms with E-state index in [1.807, 2.05) is 11.8 Å². The number of nitrogens with zero attached hydrogens (tertiary/aromatic N) is 1. The van der Waals surface area contributed by atoms with Crippen LogP contribution in [0.1, 0.15) is 38.8 Å². The first kappa shape index (κ1) is 17.4. The van der Waals surface area contributed by atoms with E-state index in [-0.39, 0.29) is 5.54 Å². The Bertz CT molecular complexity index is 423. The Hall–Kier alpha value is -0.670. The first-order valence-corrected chi connectivity index (χ1v) is 8.70. The van der Waals surface area contributed by atoms with E-state index in [1.165, 1.54) is 16.8 Å². The minimum absolute atomic E-state index is 0.163. The Labute approximate surface area is 129 Å². The molecule has 20 heavy (non-hydrogen) atoms. The molecule has 0 saturated heterocycles. The van der Waals surface area contributed by atoms with Crippen LogP contribution >= 0.6 is 11.8 Å². The molecule has 1 rings (SSSR count). The van der Waals surface area contributed by atoms with Gasteiger partial charge in [-0.15, -0.1) is 0 Å². The summed E-state index contributed by atoms with van der Waals surface area (Å²) in [6.45, 7) is 12.0. The monoisotopic (exact) mass is 294 g/mol. The van der Waals surface area contributed by atoms with Gasteiger partial charge in [-0.1, -0.05) is 12.1 Å². The predicted octanol–water partition coefficient (Wildman–Crippen LogP) is 4.07. The maximum atomic E-state index is 3.54. The summed E-state index contributed by atoms with van der Waals surface area (Å²) < 4.78 is 0. The molecule has 0 saturated carbocycles. The van der Waals surface area contributed by atoms with Gasteiger partial charge in [-0.3, -0.25) is 0 Å². The van der Waals surface area contributed by atoms with Gasteiger partial charge < -0.3 is 10.2 Å². The number of thioether (sulfide) groups is 1. The number of benzene rings is 1. The minimum atomic E-state index is 0.163. The van der Waals surface area contributed by atoms with Crippen molar-refractivity contribution in [1.29, 1.82) is 0 Å². The third-order valence-corrected chi connectivity index (χ3v) is 4.35. The molecule has 0 heterocycles. The minimum Gasteiger partial charge on any atom is -0.371 e. The average molecular weight is 295 g/mol. The smallest absolute Gasteiger partial charge is 0.0396 e. The second-order valence-corrected chi connectivity index (χ2v) is 7.55. The van der Waals surface area contributed by atoms with Crippen LogP contribution in [0.25, 0.3) is 0 Å². The lowest BCUT2D eigenvalue weighted by Crippen LogP contribution is -2.35. The first-order valence-electron chi connectivity index (χ1n) is 7.31. The van der Waals surface area contributed by atoms with Crippen molar-refractivity contribution in [1.82, 2.24) is 5.32 Å². The highest BCUT2D eigenvalue weighted by Gasteiger charge is 2.13. The third kappa shape index (κ3) is 5.37. The van der Waals surface area contributed by atoms with E-state index in [0.29, 0.717) is 6.04 Å². The standard InChI is InChI=1S/C17H30N2S/c1-13-10-15(11-18-17(3,4)5)8-9-16(13)19(6)14(2)12-20-7/h8-10,14,18H,11-12H2,1-7H3. The molecule has 0 fully saturated rings. The predicted molar refractivity (Wildman–Crippen MR) is 94.0 cm³/mol. The highest BCUT2D eigenvalue weighted by atomic mass is 32.2. The molecule has 3 heteroatoms. The van der Waals surface area contributed by atoms with Gasteiger partial charge >= 0.3 is 0 Å². The zero-order chi connectivity index (χ0) is 15.3. The summed E-state index contributed by atoms with van der Waals surface area (Å²) in [6.07, 6.45) is 2.17. The fraction of sp³-hybridized carbons (Fsp3) is 0.647. The largest absolute Gasteiger partial charge is 0.371 e. The quantitative estimate of drug-likeness (QED) is 0.851. The second-order valence-electron chi connectivity index (χ2n) is 6.64. The van der Waals surface area contributed by atoms with Crippen LogP contribution in [0.5, 0.6) is 0 Å². The molecule has 0 aliphatic rings. The summed E-state index contributed by atoms with van der Waals surface area (Å²) >= 11 is 1.90. The molecule has 0 spiro atoms.